The minimum absolute atomic E-state index is 0.371. The van der Waals surface area contributed by atoms with E-state index in [1.54, 1.807) is 6.20 Å². The van der Waals surface area contributed by atoms with Gasteiger partial charge in [0, 0.05) is 25.3 Å². The van der Waals surface area contributed by atoms with E-state index in [-0.39, 0.29) is 0 Å². The number of rotatable bonds is 5. The average Bonchev–Trinajstić information content (AvgIpc) is 2.26. The van der Waals surface area contributed by atoms with Crippen molar-refractivity contribution < 1.29 is 0 Å². The zero-order valence-electron chi connectivity index (χ0n) is 11.1. The maximum Gasteiger partial charge on any atom is 0.147 e. The summed E-state index contributed by atoms with van der Waals surface area (Å²) in [6.07, 6.45) is 1.78. The molecule has 0 aliphatic rings. The van der Waals surface area contributed by atoms with Gasteiger partial charge < -0.3 is 10.6 Å². The first-order chi connectivity index (χ1) is 7.97. The Bertz CT molecular complexity index is 364. The molecule has 0 fully saturated rings. The first kappa shape index (κ1) is 14.3. The lowest BCUT2D eigenvalue weighted by Gasteiger charge is -2.30. The summed E-state index contributed by atoms with van der Waals surface area (Å²) in [7, 11) is 0. The van der Waals surface area contributed by atoms with Crippen LogP contribution in [0.2, 0.25) is 5.02 Å². The topological polar surface area (TPSA) is 42.2 Å². The number of pyridine rings is 1. The van der Waals surface area contributed by atoms with Gasteiger partial charge in [-0.1, -0.05) is 25.4 Å². The summed E-state index contributed by atoms with van der Waals surface area (Å²) in [5, 5.41) is 0.685. The fourth-order valence-corrected chi connectivity index (χ4v) is 2.06. The summed E-state index contributed by atoms with van der Waals surface area (Å²) in [6, 6.07) is 2.25. The first-order valence-electron chi connectivity index (χ1n) is 6.07. The van der Waals surface area contributed by atoms with Crippen LogP contribution < -0.4 is 10.6 Å². The van der Waals surface area contributed by atoms with Gasteiger partial charge in [-0.3, -0.25) is 0 Å². The van der Waals surface area contributed by atoms with Crippen molar-refractivity contribution in [1.82, 2.24) is 4.98 Å². The molecule has 0 radical (unpaired) electrons. The molecule has 1 aromatic rings. The van der Waals surface area contributed by atoms with Gasteiger partial charge in [0.1, 0.15) is 5.82 Å². The van der Waals surface area contributed by atoms with Gasteiger partial charge in [0.15, 0.2) is 0 Å². The third kappa shape index (κ3) is 3.58. The normalized spacial score (nSPS) is 11.3. The third-order valence-electron chi connectivity index (χ3n) is 2.63. The molecule has 1 rings (SSSR count). The quantitative estimate of drug-likeness (QED) is 0.879. The van der Waals surface area contributed by atoms with Crippen LogP contribution in [0.25, 0.3) is 0 Å². The van der Waals surface area contributed by atoms with Gasteiger partial charge in [0.05, 0.1) is 5.02 Å². The second kappa shape index (κ2) is 6.22. The van der Waals surface area contributed by atoms with Crippen LogP contribution in [0, 0.1) is 5.92 Å². The van der Waals surface area contributed by atoms with E-state index >= 15 is 0 Å². The van der Waals surface area contributed by atoms with Crippen molar-refractivity contribution in [1.29, 1.82) is 0 Å². The Kier molecular flexibility index (Phi) is 5.22. The first-order valence-corrected chi connectivity index (χ1v) is 6.45. The maximum absolute atomic E-state index is 6.35. The molecule has 0 saturated carbocycles. The van der Waals surface area contributed by atoms with E-state index in [9.17, 15) is 0 Å². The van der Waals surface area contributed by atoms with Gasteiger partial charge in [-0.2, -0.15) is 0 Å². The average molecular weight is 256 g/mol. The lowest BCUT2D eigenvalue weighted by molar-refractivity contribution is 0.566. The standard InChI is InChI=1S/C13H22ClN3/c1-9(2)8-17(10(3)4)13-12(14)11(7-15)5-6-16-13/h5-6,9-10H,7-8,15H2,1-4H3. The molecular weight excluding hydrogens is 234 g/mol. The molecule has 96 valence electrons. The molecule has 1 aromatic heterocycles. The predicted octanol–water partition coefficient (Wildman–Crippen LogP) is 3.06. The number of nitrogens with two attached hydrogens (primary N) is 1. The smallest absolute Gasteiger partial charge is 0.147 e. The molecule has 0 bridgehead atoms. The van der Waals surface area contributed by atoms with Gasteiger partial charge >= 0.3 is 0 Å². The Morgan fingerprint density at radius 2 is 2.00 bits per heavy atom. The molecule has 3 nitrogen and oxygen atoms in total. The van der Waals surface area contributed by atoms with E-state index in [1.165, 1.54) is 0 Å². The fourth-order valence-electron chi connectivity index (χ4n) is 1.76. The lowest BCUT2D eigenvalue weighted by atomic mass is 10.1. The minimum Gasteiger partial charge on any atom is -0.353 e. The van der Waals surface area contributed by atoms with Crippen LogP contribution in [-0.4, -0.2) is 17.6 Å². The Morgan fingerprint density at radius 1 is 1.35 bits per heavy atom. The minimum atomic E-state index is 0.371. The number of halogens is 1. The SMILES string of the molecule is CC(C)CN(c1nccc(CN)c1Cl)C(C)C. The van der Waals surface area contributed by atoms with Crippen LogP contribution in [-0.2, 0) is 6.54 Å². The van der Waals surface area contributed by atoms with Gasteiger partial charge in [-0.05, 0) is 31.4 Å². The highest BCUT2D eigenvalue weighted by atomic mass is 35.5. The molecule has 4 heteroatoms. The third-order valence-corrected chi connectivity index (χ3v) is 3.04. The molecule has 0 unspecified atom stereocenters. The Balaban J connectivity index is 3.09. The highest BCUT2D eigenvalue weighted by molar-refractivity contribution is 6.33. The van der Waals surface area contributed by atoms with Crippen molar-refractivity contribution in [2.45, 2.75) is 40.3 Å². The van der Waals surface area contributed by atoms with Crippen LogP contribution in [0.1, 0.15) is 33.3 Å². The molecule has 0 aliphatic heterocycles. The van der Waals surface area contributed by atoms with E-state index in [0.29, 0.717) is 23.5 Å². The highest BCUT2D eigenvalue weighted by Gasteiger charge is 2.17. The van der Waals surface area contributed by atoms with Gasteiger partial charge in [-0.25, -0.2) is 4.98 Å². The van der Waals surface area contributed by atoms with E-state index < -0.39 is 0 Å². The molecule has 0 aromatic carbocycles. The van der Waals surface area contributed by atoms with Crippen LogP contribution in [0.15, 0.2) is 12.3 Å². The van der Waals surface area contributed by atoms with Gasteiger partial charge in [0.2, 0.25) is 0 Å². The van der Waals surface area contributed by atoms with Crippen LogP contribution in [0.5, 0.6) is 0 Å². The maximum atomic E-state index is 6.35. The molecule has 0 saturated heterocycles. The lowest BCUT2D eigenvalue weighted by Crippen LogP contribution is -2.35. The Labute approximate surface area is 109 Å². The summed E-state index contributed by atoms with van der Waals surface area (Å²) in [4.78, 5) is 6.63. The van der Waals surface area contributed by atoms with Gasteiger partial charge in [0.25, 0.3) is 0 Å². The van der Waals surface area contributed by atoms with Crippen molar-refractivity contribution in [3.05, 3.63) is 22.8 Å². The van der Waals surface area contributed by atoms with Crippen molar-refractivity contribution >= 4 is 17.4 Å². The Morgan fingerprint density at radius 3 is 2.47 bits per heavy atom. The molecule has 0 atom stereocenters. The molecule has 1 heterocycles. The van der Waals surface area contributed by atoms with E-state index in [1.807, 2.05) is 6.07 Å². The number of hydrogen-bond donors (Lipinski definition) is 1. The van der Waals surface area contributed by atoms with Crippen LogP contribution >= 0.6 is 11.6 Å². The summed E-state index contributed by atoms with van der Waals surface area (Å²) in [6.45, 7) is 10.1. The van der Waals surface area contributed by atoms with E-state index in [0.717, 1.165) is 17.9 Å². The largest absolute Gasteiger partial charge is 0.353 e. The molecule has 0 amide bonds. The molecule has 2 N–H and O–H groups in total. The monoisotopic (exact) mass is 255 g/mol. The molecular formula is C13H22ClN3. The second-order valence-corrected chi connectivity index (χ2v) is 5.33. The summed E-state index contributed by atoms with van der Waals surface area (Å²) >= 11 is 6.35. The van der Waals surface area contributed by atoms with Gasteiger partial charge in [-0.15, -0.1) is 0 Å². The van der Waals surface area contributed by atoms with Crippen molar-refractivity contribution in [2.75, 3.05) is 11.4 Å². The fraction of sp³-hybridized carbons (Fsp3) is 0.615. The van der Waals surface area contributed by atoms with Crippen molar-refractivity contribution in [3.63, 3.8) is 0 Å². The van der Waals surface area contributed by atoms with Crippen molar-refractivity contribution in [2.24, 2.45) is 11.7 Å². The van der Waals surface area contributed by atoms with Crippen LogP contribution in [0.4, 0.5) is 5.82 Å². The van der Waals surface area contributed by atoms with E-state index in [2.05, 4.69) is 37.6 Å². The number of aromatic nitrogens is 1. The zero-order chi connectivity index (χ0) is 13.0. The summed E-state index contributed by atoms with van der Waals surface area (Å²) in [5.41, 5.74) is 6.62. The Hall–Kier alpha value is -0.800. The zero-order valence-corrected chi connectivity index (χ0v) is 11.8. The second-order valence-electron chi connectivity index (χ2n) is 4.95. The summed E-state index contributed by atoms with van der Waals surface area (Å²) < 4.78 is 0. The molecule has 0 spiro atoms. The number of hydrogen-bond acceptors (Lipinski definition) is 3. The van der Waals surface area contributed by atoms with Crippen molar-refractivity contribution in [3.8, 4) is 0 Å². The van der Waals surface area contributed by atoms with E-state index in [4.69, 9.17) is 17.3 Å². The predicted molar refractivity (Wildman–Crippen MR) is 74.5 cm³/mol. The molecule has 0 aliphatic carbocycles. The van der Waals surface area contributed by atoms with Crippen LogP contribution in [0.3, 0.4) is 0 Å². The highest BCUT2D eigenvalue weighted by Crippen LogP contribution is 2.28. The summed E-state index contributed by atoms with van der Waals surface area (Å²) in [5.74, 6) is 1.41. The number of nitrogens with zero attached hydrogens (tertiary/aromatic N) is 2. The molecule has 17 heavy (non-hydrogen) atoms. The number of anilines is 1.